The Balaban J connectivity index is 2.62. The molecule has 1 N–H and O–H groups in total. The summed E-state index contributed by atoms with van der Waals surface area (Å²) in [5, 5.41) is 3.28. The Hall–Kier alpha value is -1.00. The number of aryl methyl sites for hydroxylation is 1. The summed E-state index contributed by atoms with van der Waals surface area (Å²) in [6.45, 7) is 13.7. The molecule has 1 atom stereocenters. The van der Waals surface area contributed by atoms with E-state index in [9.17, 15) is 8.78 Å². The number of halogens is 2. The first-order valence-electron chi connectivity index (χ1n) is 7.68. The normalized spacial score (nSPS) is 13.5. The second-order valence-electron chi connectivity index (χ2n) is 6.22. The summed E-state index contributed by atoms with van der Waals surface area (Å²) in [7, 11) is 0. The average molecular weight is 298 g/mol. The molecule has 0 aliphatic carbocycles. The quantitative estimate of drug-likeness (QED) is 0.817. The maximum Gasteiger partial charge on any atom is 0.128 e. The Bertz CT molecular complexity index is 450. The standard InChI is InChI=1S/C17H28F2N2/c1-11(2)21(12(3)4)8-7-20-14(6)15-10-16(18)13(5)9-17(15)19/h9-12,14,20H,7-8H2,1-6H3. The highest BCUT2D eigenvalue weighted by atomic mass is 19.1. The van der Waals surface area contributed by atoms with Gasteiger partial charge in [0.1, 0.15) is 11.6 Å². The average Bonchev–Trinajstić information content (AvgIpc) is 2.37. The van der Waals surface area contributed by atoms with Crippen LogP contribution in [-0.2, 0) is 0 Å². The van der Waals surface area contributed by atoms with Gasteiger partial charge in [0.25, 0.3) is 0 Å². The van der Waals surface area contributed by atoms with Gasteiger partial charge in [-0.15, -0.1) is 0 Å². The Morgan fingerprint density at radius 3 is 2.10 bits per heavy atom. The number of hydrogen-bond acceptors (Lipinski definition) is 2. The van der Waals surface area contributed by atoms with Crippen LogP contribution in [0.3, 0.4) is 0 Å². The highest BCUT2D eigenvalue weighted by Gasteiger charge is 2.16. The lowest BCUT2D eigenvalue weighted by atomic mass is 10.0. The van der Waals surface area contributed by atoms with Gasteiger partial charge >= 0.3 is 0 Å². The van der Waals surface area contributed by atoms with Crippen LogP contribution in [0.25, 0.3) is 0 Å². The van der Waals surface area contributed by atoms with E-state index in [1.807, 2.05) is 6.92 Å². The molecular formula is C17H28F2N2. The van der Waals surface area contributed by atoms with Gasteiger partial charge in [-0.05, 0) is 59.2 Å². The third kappa shape index (κ3) is 5.04. The lowest BCUT2D eigenvalue weighted by Gasteiger charge is -2.31. The third-order valence-corrected chi connectivity index (χ3v) is 3.89. The van der Waals surface area contributed by atoms with Crippen molar-refractivity contribution in [3.05, 3.63) is 34.9 Å². The van der Waals surface area contributed by atoms with Crippen molar-refractivity contribution in [1.29, 1.82) is 0 Å². The Morgan fingerprint density at radius 1 is 1.00 bits per heavy atom. The van der Waals surface area contributed by atoms with Gasteiger partial charge in [-0.25, -0.2) is 8.78 Å². The molecule has 0 fully saturated rings. The summed E-state index contributed by atoms with van der Waals surface area (Å²) < 4.78 is 27.5. The van der Waals surface area contributed by atoms with E-state index in [1.54, 1.807) is 6.92 Å². The molecule has 0 aliphatic rings. The Morgan fingerprint density at radius 2 is 1.57 bits per heavy atom. The predicted molar refractivity (Wildman–Crippen MR) is 84.5 cm³/mol. The van der Waals surface area contributed by atoms with Gasteiger partial charge in [0.15, 0.2) is 0 Å². The fraction of sp³-hybridized carbons (Fsp3) is 0.647. The number of hydrogen-bond donors (Lipinski definition) is 1. The fourth-order valence-corrected chi connectivity index (χ4v) is 2.63. The van der Waals surface area contributed by atoms with Crippen molar-refractivity contribution in [2.45, 2.75) is 59.7 Å². The van der Waals surface area contributed by atoms with Gasteiger partial charge in [0.05, 0.1) is 0 Å². The number of benzene rings is 1. The molecule has 1 aromatic rings. The molecule has 0 radical (unpaired) electrons. The molecule has 0 heterocycles. The SMILES string of the molecule is Cc1cc(F)c(C(C)NCCN(C(C)C)C(C)C)cc1F. The first kappa shape index (κ1) is 18.1. The second-order valence-corrected chi connectivity index (χ2v) is 6.22. The van der Waals surface area contributed by atoms with Gasteiger partial charge in [0.2, 0.25) is 0 Å². The highest BCUT2D eigenvalue weighted by Crippen LogP contribution is 2.20. The molecule has 4 heteroatoms. The van der Waals surface area contributed by atoms with Crippen molar-refractivity contribution in [1.82, 2.24) is 10.2 Å². The molecule has 2 nitrogen and oxygen atoms in total. The molecule has 0 bridgehead atoms. The topological polar surface area (TPSA) is 15.3 Å². The van der Waals surface area contributed by atoms with E-state index in [-0.39, 0.29) is 17.7 Å². The summed E-state index contributed by atoms with van der Waals surface area (Å²) in [5.41, 5.74) is 0.730. The van der Waals surface area contributed by atoms with E-state index in [4.69, 9.17) is 0 Å². The summed E-state index contributed by atoms with van der Waals surface area (Å²) in [6.07, 6.45) is 0. The molecule has 0 amide bonds. The monoisotopic (exact) mass is 298 g/mol. The summed E-state index contributed by atoms with van der Waals surface area (Å²) in [4.78, 5) is 2.37. The number of nitrogens with one attached hydrogen (secondary N) is 1. The molecule has 0 saturated heterocycles. The number of rotatable bonds is 7. The van der Waals surface area contributed by atoms with Crippen molar-refractivity contribution < 1.29 is 8.78 Å². The van der Waals surface area contributed by atoms with Crippen molar-refractivity contribution in [3.63, 3.8) is 0 Å². The molecule has 1 aromatic carbocycles. The van der Waals surface area contributed by atoms with Gasteiger partial charge in [-0.2, -0.15) is 0 Å². The molecule has 120 valence electrons. The van der Waals surface area contributed by atoms with E-state index in [2.05, 4.69) is 37.9 Å². The van der Waals surface area contributed by atoms with E-state index in [1.165, 1.54) is 12.1 Å². The molecule has 0 aromatic heterocycles. The van der Waals surface area contributed by atoms with Crippen LogP contribution >= 0.6 is 0 Å². The van der Waals surface area contributed by atoms with E-state index in [0.29, 0.717) is 23.2 Å². The van der Waals surface area contributed by atoms with Crippen molar-refractivity contribution in [2.24, 2.45) is 0 Å². The zero-order chi connectivity index (χ0) is 16.2. The van der Waals surface area contributed by atoms with Crippen LogP contribution in [0, 0.1) is 18.6 Å². The molecule has 21 heavy (non-hydrogen) atoms. The number of nitrogens with zero attached hydrogens (tertiary/aromatic N) is 1. The maximum absolute atomic E-state index is 13.9. The van der Waals surface area contributed by atoms with Crippen molar-refractivity contribution in [2.75, 3.05) is 13.1 Å². The van der Waals surface area contributed by atoms with Crippen LogP contribution in [0.15, 0.2) is 12.1 Å². The third-order valence-electron chi connectivity index (χ3n) is 3.89. The van der Waals surface area contributed by atoms with Gasteiger partial charge in [-0.1, -0.05) is 0 Å². The summed E-state index contributed by atoms with van der Waals surface area (Å²) in [5.74, 6) is -0.704. The minimum Gasteiger partial charge on any atom is -0.309 e. The lowest BCUT2D eigenvalue weighted by molar-refractivity contribution is 0.174. The predicted octanol–water partition coefficient (Wildman–Crippen LogP) is 4.04. The van der Waals surface area contributed by atoms with E-state index in [0.717, 1.165) is 13.1 Å². The van der Waals surface area contributed by atoms with Crippen molar-refractivity contribution in [3.8, 4) is 0 Å². The van der Waals surface area contributed by atoms with Gasteiger partial charge in [-0.3, -0.25) is 4.90 Å². The molecular weight excluding hydrogens is 270 g/mol. The van der Waals surface area contributed by atoms with Gasteiger partial charge < -0.3 is 5.32 Å². The first-order valence-corrected chi connectivity index (χ1v) is 7.68. The second kappa shape index (κ2) is 7.85. The van der Waals surface area contributed by atoms with Crippen LogP contribution in [0.4, 0.5) is 8.78 Å². The van der Waals surface area contributed by atoms with Crippen molar-refractivity contribution >= 4 is 0 Å². The summed E-state index contributed by atoms with van der Waals surface area (Å²) in [6, 6.07) is 3.29. The zero-order valence-corrected chi connectivity index (χ0v) is 14.0. The van der Waals surface area contributed by atoms with Crippen LogP contribution in [0.2, 0.25) is 0 Å². The van der Waals surface area contributed by atoms with Gasteiger partial charge in [0, 0.05) is 36.8 Å². The fourth-order valence-electron chi connectivity index (χ4n) is 2.63. The van der Waals surface area contributed by atoms with E-state index >= 15 is 0 Å². The minimum absolute atomic E-state index is 0.207. The van der Waals surface area contributed by atoms with Crippen LogP contribution in [0.1, 0.15) is 51.8 Å². The maximum atomic E-state index is 13.9. The smallest absolute Gasteiger partial charge is 0.128 e. The summed E-state index contributed by atoms with van der Waals surface area (Å²) >= 11 is 0. The van der Waals surface area contributed by atoms with Crippen LogP contribution in [0.5, 0.6) is 0 Å². The molecule has 1 unspecified atom stereocenters. The Labute approximate surface area is 127 Å². The zero-order valence-electron chi connectivity index (χ0n) is 14.0. The first-order chi connectivity index (χ1) is 9.73. The molecule has 0 saturated carbocycles. The minimum atomic E-state index is -0.356. The largest absolute Gasteiger partial charge is 0.309 e. The van der Waals surface area contributed by atoms with E-state index < -0.39 is 0 Å². The lowest BCUT2D eigenvalue weighted by Crippen LogP contribution is -2.41. The highest BCUT2D eigenvalue weighted by molar-refractivity contribution is 5.27. The molecule has 1 rings (SSSR count). The molecule has 0 aliphatic heterocycles. The van der Waals surface area contributed by atoms with Crippen LogP contribution in [-0.4, -0.2) is 30.1 Å². The van der Waals surface area contributed by atoms with Crippen LogP contribution < -0.4 is 5.32 Å². The Kier molecular flexibility index (Phi) is 6.75. The molecule has 0 spiro atoms.